The quantitative estimate of drug-likeness (QED) is 0.500. The molecule has 0 spiro atoms. The minimum atomic E-state index is -0.361. The first-order valence-electron chi connectivity index (χ1n) is 9.87. The Morgan fingerprint density at radius 3 is 1.62 bits per heavy atom. The summed E-state index contributed by atoms with van der Waals surface area (Å²) in [6.45, 7) is 25.7. The van der Waals surface area contributed by atoms with Gasteiger partial charge in [-0.2, -0.15) is 0 Å². The van der Waals surface area contributed by atoms with Crippen molar-refractivity contribution in [1.29, 1.82) is 0 Å². The number of rotatable bonds is 4. The summed E-state index contributed by atoms with van der Waals surface area (Å²) in [5.74, 6) is 1.01. The zero-order valence-corrected chi connectivity index (χ0v) is 19.4. The van der Waals surface area contributed by atoms with Crippen LogP contribution in [0.15, 0.2) is 30.6 Å². The molecule has 0 saturated heterocycles. The van der Waals surface area contributed by atoms with Crippen LogP contribution in [0, 0.1) is 6.67 Å². The summed E-state index contributed by atoms with van der Waals surface area (Å²) in [6.07, 6.45) is 4.53. The summed E-state index contributed by atoms with van der Waals surface area (Å²) in [5.41, 5.74) is 4.22. The Balaban J connectivity index is 2.42. The highest BCUT2D eigenvalue weighted by Gasteiger charge is 2.40. The third kappa shape index (κ3) is 4.45. The van der Waals surface area contributed by atoms with Gasteiger partial charge in [0.1, 0.15) is 6.67 Å². The lowest BCUT2D eigenvalue weighted by Crippen LogP contribution is -2.33. The van der Waals surface area contributed by atoms with E-state index in [1.807, 2.05) is 0 Å². The van der Waals surface area contributed by atoms with Crippen molar-refractivity contribution in [3.63, 3.8) is 0 Å². The van der Waals surface area contributed by atoms with E-state index in [2.05, 4.69) is 116 Å². The summed E-state index contributed by atoms with van der Waals surface area (Å²) >= 11 is 0. The van der Waals surface area contributed by atoms with Crippen LogP contribution < -0.4 is 4.90 Å². The Kier molecular flexibility index (Phi) is 6.18. The molecule has 1 radical (unpaired) electrons. The van der Waals surface area contributed by atoms with Crippen LogP contribution >= 0.6 is 8.07 Å². The van der Waals surface area contributed by atoms with E-state index in [-0.39, 0.29) is 18.4 Å². The van der Waals surface area contributed by atoms with Crippen molar-refractivity contribution in [3.8, 4) is 0 Å². The van der Waals surface area contributed by atoms with E-state index in [1.165, 1.54) is 16.8 Å². The minimum Gasteiger partial charge on any atom is -0.330 e. The van der Waals surface area contributed by atoms with Crippen LogP contribution in [0.2, 0.25) is 0 Å². The fraction of sp³-hybridized carbons (Fsp3) is 0.609. The van der Waals surface area contributed by atoms with Gasteiger partial charge < -0.3 is 9.57 Å². The van der Waals surface area contributed by atoms with Crippen LogP contribution in [0.5, 0.6) is 0 Å². The van der Waals surface area contributed by atoms with Gasteiger partial charge in [0.05, 0.1) is 0 Å². The number of nitrogens with zero attached hydrogens (tertiary/aromatic N) is 2. The molecule has 0 aromatic heterocycles. The molecule has 0 atom stereocenters. The predicted molar refractivity (Wildman–Crippen MR) is 119 cm³/mol. The summed E-state index contributed by atoms with van der Waals surface area (Å²) in [6, 6.07) is 6.78. The zero-order valence-electron chi connectivity index (χ0n) is 18.5. The zero-order chi connectivity index (χ0) is 19.9. The van der Waals surface area contributed by atoms with E-state index in [0.717, 1.165) is 0 Å². The molecule has 145 valence electrons. The lowest BCUT2D eigenvalue weighted by Gasteiger charge is -2.46. The number of hydrogen-bond acceptors (Lipinski definition) is 2. The lowest BCUT2D eigenvalue weighted by atomic mass is 9.92. The van der Waals surface area contributed by atoms with Crippen LogP contribution in [-0.4, -0.2) is 15.0 Å². The molecule has 3 heteroatoms. The van der Waals surface area contributed by atoms with Crippen LogP contribution in [-0.2, 0) is 0 Å². The molecule has 0 bridgehead atoms. The van der Waals surface area contributed by atoms with Crippen molar-refractivity contribution in [1.82, 2.24) is 4.67 Å². The largest absolute Gasteiger partial charge is 0.330 e. The fourth-order valence-corrected chi connectivity index (χ4v) is 7.91. The second-order valence-corrected chi connectivity index (χ2v) is 13.7. The van der Waals surface area contributed by atoms with Crippen LogP contribution in [0.4, 0.5) is 5.69 Å². The molecular formula is C23H38N2P. The predicted octanol–water partition coefficient (Wildman–Crippen LogP) is 7.64. The SMILES string of the molecule is CC(C)c1cccc(C(C)C)c1N1[CH]N(P(C(C)(C)C)C(C)(C)C)C=C1. The first kappa shape index (κ1) is 21.3. The van der Waals surface area contributed by atoms with Crippen LogP contribution in [0.25, 0.3) is 0 Å². The second kappa shape index (κ2) is 7.55. The Bertz CT molecular complexity index is 607. The van der Waals surface area contributed by atoms with E-state index < -0.39 is 0 Å². The van der Waals surface area contributed by atoms with Crippen molar-refractivity contribution >= 4 is 13.8 Å². The molecule has 0 amide bonds. The summed E-state index contributed by atoms with van der Waals surface area (Å²) < 4.78 is 2.48. The van der Waals surface area contributed by atoms with Gasteiger partial charge in [-0.3, -0.25) is 0 Å². The number of hydrogen-bond donors (Lipinski definition) is 0. The molecule has 0 saturated carbocycles. The molecule has 1 aromatic carbocycles. The molecule has 1 heterocycles. The van der Waals surface area contributed by atoms with Crippen LogP contribution in [0.3, 0.4) is 0 Å². The third-order valence-corrected chi connectivity index (χ3v) is 7.97. The first-order valence-corrected chi connectivity index (χ1v) is 11.2. The molecule has 1 aliphatic heterocycles. The maximum absolute atomic E-state index is 2.48. The second-order valence-electron chi connectivity index (χ2n) is 9.95. The molecule has 0 unspecified atom stereocenters. The van der Waals surface area contributed by atoms with E-state index in [1.54, 1.807) is 0 Å². The number of para-hydroxylation sites is 1. The summed E-state index contributed by atoms with van der Waals surface area (Å²) in [7, 11) is -0.361. The van der Waals surface area contributed by atoms with E-state index in [0.29, 0.717) is 11.8 Å². The first-order chi connectivity index (χ1) is 11.8. The molecule has 1 aliphatic rings. The molecule has 2 nitrogen and oxygen atoms in total. The third-order valence-electron chi connectivity index (χ3n) is 4.73. The summed E-state index contributed by atoms with van der Waals surface area (Å²) in [5, 5.41) is 0.506. The highest BCUT2D eigenvalue weighted by molar-refractivity contribution is 7.58. The van der Waals surface area contributed by atoms with Gasteiger partial charge in [-0.05, 0) is 23.0 Å². The smallest absolute Gasteiger partial charge is 0.149 e. The van der Waals surface area contributed by atoms with Gasteiger partial charge in [0, 0.05) is 36.5 Å². The van der Waals surface area contributed by atoms with Gasteiger partial charge in [-0.15, -0.1) is 0 Å². The Labute approximate surface area is 163 Å². The van der Waals surface area contributed by atoms with Gasteiger partial charge in [0.2, 0.25) is 0 Å². The van der Waals surface area contributed by atoms with E-state index in [9.17, 15) is 0 Å². The molecule has 0 aliphatic carbocycles. The van der Waals surface area contributed by atoms with Crippen molar-refractivity contribution in [3.05, 3.63) is 48.4 Å². The molecule has 0 N–H and O–H groups in total. The van der Waals surface area contributed by atoms with Gasteiger partial charge >= 0.3 is 0 Å². The average molecular weight is 374 g/mol. The monoisotopic (exact) mass is 373 g/mol. The molecule has 26 heavy (non-hydrogen) atoms. The van der Waals surface area contributed by atoms with Gasteiger partial charge in [0.15, 0.2) is 0 Å². The molecule has 1 aromatic rings. The maximum Gasteiger partial charge on any atom is 0.149 e. The van der Waals surface area contributed by atoms with Crippen molar-refractivity contribution in [2.24, 2.45) is 0 Å². The fourth-order valence-electron chi connectivity index (χ4n) is 4.10. The van der Waals surface area contributed by atoms with E-state index >= 15 is 0 Å². The number of anilines is 1. The Hall–Kier alpha value is -1.01. The van der Waals surface area contributed by atoms with Gasteiger partial charge in [0.25, 0.3) is 0 Å². The standard InChI is InChI=1S/C23H38N2P/c1-17(2)19-12-11-13-20(18(3)4)21(19)24-14-15-25(16-24)26(22(5,6)7)23(8,9)10/h11-18H,1-10H3. The Morgan fingerprint density at radius 1 is 0.769 bits per heavy atom. The molecule has 0 fully saturated rings. The van der Waals surface area contributed by atoms with Gasteiger partial charge in [-0.25, -0.2) is 0 Å². The van der Waals surface area contributed by atoms with Crippen molar-refractivity contribution < 1.29 is 0 Å². The topological polar surface area (TPSA) is 6.48 Å². The molecule has 2 rings (SSSR count). The van der Waals surface area contributed by atoms with E-state index in [4.69, 9.17) is 0 Å². The van der Waals surface area contributed by atoms with Crippen molar-refractivity contribution in [2.75, 3.05) is 4.90 Å². The number of benzene rings is 1. The molecular weight excluding hydrogens is 335 g/mol. The highest BCUT2D eigenvalue weighted by Crippen LogP contribution is 2.63. The van der Waals surface area contributed by atoms with Crippen molar-refractivity contribution in [2.45, 2.75) is 91.4 Å². The summed E-state index contributed by atoms with van der Waals surface area (Å²) in [4.78, 5) is 2.36. The minimum absolute atomic E-state index is 0.253. The normalized spacial score (nSPS) is 15.9. The van der Waals surface area contributed by atoms with Gasteiger partial charge in [-0.1, -0.05) is 87.4 Å². The average Bonchev–Trinajstić information content (AvgIpc) is 2.91. The maximum atomic E-state index is 2.48. The Morgan fingerprint density at radius 2 is 1.23 bits per heavy atom. The highest BCUT2D eigenvalue weighted by atomic mass is 31.1. The lowest BCUT2D eigenvalue weighted by molar-refractivity contribution is 0.616. The van der Waals surface area contributed by atoms with Crippen LogP contribution in [0.1, 0.15) is 92.2 Å².